The first-order chi connectivity index (χ1) is 15.4. The third kappa shape index (κ3) is 5.64. The SMILES string of the molecule is Cc1ccccc1NS(=O)(=O)c1ccc(C(=O)NCc2ccc(OCC3CC3)nc2)cc1. The Hall–Kier alpha value is -3.39. The number of rotatable bonds is 9. The second-order valence-corrected chi connectivity index (χ2v) is 9.57. The number of para-hydroxylation sites is 1. The minimum atomic E-state index is -3.75. The minimum Gasteiger partial charge on any atom is -0.477 e. The van der Waals surface area contributed by atoms with Gasteiger partial charge in [0.25, 0.3) is 15.9 Å². The second-order valence-electron chi connectivity index (χ2n) is 7.89. The van der Waals surface area contributed by atoms with Gasteiger partial charge in [0.15, 0.2) is 0 Å². The number of nitrogens with zero attached hydrogens (tertiary/aromatic N) is 1. The van der Waals surface area contributed by atoms with Crippen molar-refractivity contribution in [2.75, 3.05) is 11.3 Å². The van der Waals surface area contributed by atoms with E-state index in [1.165, 1.54) is 37.1 Å². The van der Waals surface area contributed by atoms with Gasteiger partial charge in [0.05, 0.1) is 17.2 Å². The predicted octanol–water partition coefficient (Wildman–Crippen LogP) is 3.91. The van der Waals surface area contributed by atoms with Crippen molar-refractivity contribution < 1.29 is 17.9 Å². The van der Waals surface area contributed by atoms with Crippen molar-refractivity contribution in [3.8, 4) is 5.88 Å². The van der Waals surface area contributed by atoms with Crippen LogP contribution in [-0.4, -0.2) is 25.9 Å². The summed E-state index contributed by atoms with van der Waals surface area (Å²) in [5.41, 5.74) is 2.56. The fourth-order valence-electron chi connectivity index (χ4n) is 3.05. The summed E-state index contributed by atoms with van der Waals surface area (Å²) in [6.45, 7) is 2.84. The highest BCUT2D eigenvalue weighted by molar-refractivity contribution is 7.92. The highest BCUT2D eigenvalue weighted by Crippen LogP contribution is 2.29. The van der Waals surface area contributed by atoms with Crippen LogP contribution in [0.25, 0.3) is 0 Å². The van der Waals surface area contributed by atoms with Crippen molar-refractivity contribution in [3.63, 3.8) is 0 Å². The Labute approximate surface area is 187 Å². The Balaban J connectivity index is 1.33. The summed E-state index contributed by atoms with van der Waals surface area (Å²) in [4.78, 5) is 16.8. The smallest absolute Gasteiger partial charge is 0.261 e. The molecular formula is C24H25N3O4S. The summed E-state index contributed by atoms with van der Waals surface area (Å²) in [5, 5.41) is 2.82. The molecule has 1 aliphatic rings. The second kappa shape index (κ2) is 9.40. The molecule has 8 heteroatoms. The maximum Gasteiger partial charge on any atom is 0.261 e. The normalized spacial score (nSPS) is 13.4. The predicted molar refractivity (Wildman–Crippen MR) is 122 cm³/mol. The molecule has 32 heavy (non-hydrogen) atoms. The Kier molecular flexibility index (Phi) is 6.41. The van der Waals surface area contributed by atoms with Crippen LogP contribution in [0.4, 0.5) is 5.69 Å². The van der Waals surface area contributed by atoms with Crippen molar-refractivity contribution in [2.24, 2.45) is 5.92 Å². The van der Waals surface area contributed by atoms with Crippen molar-refractivity contribution >= 4 is 21.6 Å². The fourth-order valence-corrected chi connectivity index (χ4v) is 4.18. The van der Waals surface area contributed by atoms with Gasteiger partial charge in [-0.15, -0.1) is 0 Å². The van der Waals surface area contributed by atoms with E-state index < -0.39 is 10.0 Å². The van der Waals surface area contributed by atoms with Gasteiger partial charge in [-0.25, -0.2) is 13.4 Å². The third-order valence-corrected chi connectivity index (χ3v) is 6.61. The maximum absolute atomic E-state index is 12.6. The van der Waals surface area contributed by atoms with E-state index in [1.54, 1.807) is 24.4 Å². The molecule has 1 aliphatic carbocycles. The summed E-state index contributed by atoms with van der Waals surface area (Å²) in [6.07, 6.45) is 4.12. The molecule has 3 aromatic rings. The summed E-state index contributed by atoms with van der Waals surface area (Å²) < 4.78 is 33.4. The molecule has 1 aromatic heterocycles. The quantitative estimate of drug-likeness (QED) is 0.514. The van der Waals surface area contributed by atoms with Crippen LogP contribution < -0.4 is 14.8 Å². The molecule has 7 nitrogen and oxygen atoms in total. The van der Waals surface area contributed by atoms with Gasteiger partial charge in [0, 0.05) is 24.4 Å². The Morgan fingerprint density at radius 2 is 1.81 bits per heavy atom. The number of hydrogen-bond acceptors (Lipinski definition) is 5. The molecule has 0 radical (unpaired) electrons. The van der Waals surface area contributed by atoms with Crippen LogP contribution in [0.1, 0.15) is 34.3 Å². The van der Waals surface area contributed by atoms with Crippen molar-refractivity contribution in [2.45, 2.75) is 31.2 Å². The van der Waals surface area contributed by atoms with Crippen LogP contribution in [0.5, 0.6) is 5.88 Å². The van der Waals surface area contributed by atoms with Crippen molar-refractivity contribution in [3.05, 3.63) is 83.6 Å². The van der Waals surface area contributed by atoms with Crippen LogP contribution in [-0.2, 0) is 16.6 Å². The molecule has 0 bridgehead atoms. The molecule has 1 amide bonds. The highest BCUT2D eigenvalue weighted by Gasteiger charge is 2.22. The topological polar surface area (TPSA) is 97.4 Å². The van der Waals surface area contributed by atoms with Gasteiger partial charge in [0.1, 0.15) is 0 Å². The monoisotopic (exact) mass is 451 g/mol. The molecule has 0 unspecified atom stereocenters. The molecular weight excluding hydrogens is 426 g/mol. The Bertz CT molecular complexity index is 1190. The first-order valence-corrected chi connectivity index (χ1v) is 11.9. The summed E-state index contributed by atoms with van der Waals surface area (Å²) in [6, 6.07) is 16.6. The third-order valence-electron chi connectivity index (χ3n) is 5.23. The van der Waals surface area contributed by atoms with Crippen LogP contribution in [0.15, 0.2) is 71.8 Å². The zero-order chi connectivity index (χ0) is 22.6. The lowest BCUT2D eigenvalue weighted by molar-refractivity contribution is 0.0951. The first-order valence-electron chi connectivity index (χ1n) is 10.5. The van der Waals surface area contributed by atoms with Gasteiger partial charge in [-0.1, -0.05) is 24.3 Å². The number of amides is 1. The van der Waals surface area contributed by atoms with E-state index >= 15 is 0 Å². The number of hydrogen-bond donors (Lipinski definition) is 2. The van der Waals surface area contributed by atoms with Gasteiger partial charge in [0.2, 0.25) is 5.88 Å². The minimum absolute atomic E-state index is 0.0864. The van der Waals surface area contributed by atoms with Crippen LogP contribution in [0, 0.1) is 12.8 Å². The molecule has 1 fully saturated rings. The molecule has 0 aliphatic heterocycles. The number of nitrogens with one attached hydrogen (secondary N) is 2. The number of pyridine rings is 1. The van der Waals surface area contributed by atoms with E-state index in [-0.39, 0.29) is 10.8 Å². The molecule has 4 rings (SSSR count). The fraction of sp³-hybridized carbons (Fsp3) is 0.250. The molecule has 166 valence electrons. The number of ether oxygens (including phenoxy) is 1. The van der Waals surface area contributed by atoms with Crippen LogP contribution in [0.3, 0.4) is 0 Å². The van der Waals surface area contributed by atoms with E-state index in [0.717, 1.165) is 11.1 Å². The zero-order valence-corrected chi connectivity index (χ0v) is 18.6. The average molecular weight is 452 g/mol. The van der Waals surface area contributed by atoms with E-state index in [2.05, 4.69) is 15.0 Å². The average Bonchev–Trinajstić information content (AvgIpc) is 3.63. The van der Waals surface area contributed by atoms with Crippen molar-refractivity contribution in [1.82, 2.24) is 10.3 Å². The zero-order valence-electron chi connectivity index (χ0n) is 17.7. The molecule has 0 saturated heterocycles. The Morgan fingerprint density at radius 3 is 2.47 bits per heavy atom. The van der Waals surface area contributed by atoms with Gasteiger partial charge in [-0.05, 0) is 67.1 Å². The summed E-state index contributed by atoms with van der Waals surface area (Å²) in [5.74, 6) is 0.952. The first kappa shape index (κ1) is 21.8. The molecule has 1 saturated carbocycles. The summed E-state index contributed by atoms with van der Waals surface area (Å²) in [7, 11) is -3.75. The number of aromatic nitrogens is 1. The van der Waals surface area contributed by atoms with Crippen molar-refractivity contribution in [1.29, 1.82) is 0 Å². The highest BCUT2D eigenvalue weighted by atomic mass is 32.2. The molecule has 2 aromatic carbocycles. The van der Waals surface area contributed by atoms with Crippen LogP contribution >= 0.6 is 0 Å². The van der Waals surface area contributed by atoms with Gasteiger partial charge >= 0.3 is 0 Å². The Morgan fingerprint density at radius 1 is 1.06 bits per heavy atom. The molecule has 1 heterocycles. The molecule has 0 spiro atoms. The number of sulfonamides is 1. The van der Waals surface area contributed by atoms with Gasteiger partial charge < -0.3 is 10.1 Å². The number of aryl methyl sites for hydroxylation is 1. The molecule has 0 atom stereocenters. The van der Waals surface area contributed by atoms with E-state index in [4.69, 9.17) is 4.74 Å². The number of carbonyl (C=O) groups excluding carboxylic acids is 1. The standard InChI is InChI=1S/C24H25N3O4S/c1-17-4-2-3-5-22(17)27-32(29,30)21-11-9-20(10-12-21)24(28)26-15-19-8-13-23(25-14-19)31-16-18-6-7-18/h2-5,8-14,18,27H,6-7,15-16H2,1H3,(H,26,28). The van der Waals surface area contributed by atoms with E-state index in [0.29, 0.717) is 36.2 Å². The maximum atomic E-state index is 12.6. The van der Waals surface area contributed by atoms with E-state index in [1.807, 2.05) is 25.1 Å². The van der Waals surface area contributed by atoms with Crippen LogP contribution in [0.2, 0.25) is 0 Å². The lowest BCUT2D eigenvalue weighted by atomic mass is 10.2. The molecule has 2 N–H and O–H groups in total. The number of anilines is 1. The van der Waals surface area contributed by atoms with Gasteiger partial charge in [-0.3, -0.25) is 9.52 Å². The van der Waals surface area contributed by atoms with E-state index in [9.17, 15) is 13.2 Å². The largest absolute Gasteiger partial charge is 0.477 e. The van der Waals surface area contributed by atoms with Gasteiger partial charge in [-0.2, -0.15) is 0 Å². The number of benzene rings is 2. The number of carbonyl (C=O) groups is 1. The summed E-state index contributed by atoms with van der Waals surface area (Å²) >= 11 is 0. The lowest BCUT2D eigenvalue weighted by Gasteiger charge is -2.11. The lowest BCUT2D eigenvalue weighted by Crippen LogP contribution is -2.23.